The first-order valence-corrected chi connectivity index (χ1v) is 7.37. The number of phenolic OH excluding ortho intramolecular Hbond substituents is 1. The standard InChI is InChI=1S/C16H24FNO/c1-12(13-6-4-2-3-5-7-13)18-11-14-10-15(17)8-9-16(14)19/h8-10,12-13,18-19H,2-7,11H2,1H3/t12-/m0/s1. The highest BCUT2D eigenvalue weighted by Gasteiger charge is 2.18. The Bertz CT molecular complexity index is 400. The van der Waals surface area contributed by atoms with Crippen LogP contribution in [0.3, 0.4) is 0 Å². The van der Waals surface area contributed by atoms with Gasteiger partial charge >= 0.3 is 0 Å². The van der Waals surface area contributed by atoms with Gasteiger partial charge in [0.2, 0.25) is 0 Å². The van der Waals surface area contributed by atoms with E-state index in [4.69, 9.17) is 0 Å². The van der Waals surface area contributed by atoms with Crippen LogP contribution in [0.4, 0.5) is 4.39 Å². The first-order chi connectivity index (χ1) is 9.16. The SMILES string of the molecule is C[C@H](NCc1cc(F)ccc1O)C1CCCCCC1. The van der Waals surface area contributed by atoms with Crippen LogP contribution >= 0.6 is 0 Å². The van der Waals surface area contributed by atoms with Gasteiger partial charge in [-0.25, -0.2) is 4.39 Å². The zero-order valence-electron chi connectivity index (χ0n) is 11.7. The number of aromatic hydroxyl groups is 1. The van der Waals surface area contributed by atoms with E-state index in [2.05, 4.69) is 12.2 Å². The van der Waals surface area contributed by atoms with E-state index in [1.165, 1.54) is 56.7 Å². The fraction of sp³-hybridized carbons (Fsp3) is 0.625. The van der Waals surface area contributed by atoms with E-state index in [1.807, 2.05) is 0 Å². The first kappa shape index (κ1) is 14.3. The average molecular weight is 265 g/mol. The topological polar surface area (TPSA) is 32.3 Å². The highest BCUT2D eigenvalue weighted by Crippen LogP contribution is 2.26. The normalized spacial score (nSPS) is 19.1. The molecule has 0 spiro atoms. The smallest absolute Gasteiger partial charge is 0.123 e. The summed E-state index contributed by atoms with van der Waals surface area (Å²) in [6, 6.07) is 4.53. The molecule has 1 aliphatic rings. The van der Waals surface area contributed by atoms with Crippen LogP contribution in [0.1, 0.15) is 51.0 Å². The highest BCUT2D eigenvalue weighted by atomic mass is 19.1. The number of halogens is 1. The number of rotatable bonds is 4. The Morgan fingerprint density at radius 2 is 1.95 bits per heavy atom. The molecule has 0 saturated heterocycles. The van der Waals surface area contributed by atoms with Crippen molar-refractivity contribution < 1.29 is 9.50 Å². The second kappa shape index (κ2) is 6.90. The minimum atomic E-state index is -0.295. The van der Waals surface area contributed by atoms with Gasteiger partial charge in [0.05, 0.1) is 0 Å². The van der Waals surface area contributed by atoms with Crippen LogP contribution in [-0.4, -0.2) is 11.1 Å². The molecule has 0 unspecified atom stereocenters. The minimum absolute atomic E-state index is 0.168. The molecule has 1 aliphatic carbocycles. The van der Waals surface area contributed by atoms with Crippen LogP contribution in [0.2, 0.25) is 0 Å². The molecule has 2 N–H and O–H groups in total. The van der Waals surface area contributed by atoms with Gasteiger partial charge in [-0.05, 0) is 43.9 Å². The molecular weight excluding hydrogens is 241 g/mol. The molecule has 0 bridgehead atoms. The number of nitrogens with one attached hydrogen (secondary N) is 1. The van der Waals surface area contributed by atoms with Gasteiger partial charge in [0.15, 0.2) is 0 Å². The third kappa shape index (κ3) is 4.20. The second-order valence-electron chi connectivity index (χ2n) is 5.69. The maximum atomic E-state index is 13.1. The van der Waals surface area contributed by atoms with E-state index in [9.17, 15) is 9.50 Å². The van der Waals surface area contributed by atoms with Crippen molar-refractivity contribution in [3.05, 3.63) is 29.6 Å². The molecule has 1 atom stereocenters. The lowest BCUT2D eigenvalue weighted by atomic mass is 9.93. The van der Waals surface area contributed by atoms with Crippen molar-refractivity contribution in [2.24, 2.45) is 5.92 Å². The fourth-order valence-electron chi connectivity index (χ4n) is 2.94. The number of hydrogen-bond acceptors (Lipinski definition) is 2. The zero-order chi connectivity index (χ0) is 13.7. The summed E-state index contributed by atoms with van der Waals surface area (Å²) >= 11 is 0. The van der Waals surface area contributed by atoms with E-state index >= 15 is 0 Å². The van der Waals surface area contributed by atoms with E-state index in [-0.39, 0.29) is 11.6 Å². The third-order valence-corrected chi connectivity index (χ3v) is 4.26. The first-order valence-electron chi connectivity index (χ1n) is 7.37. The predicted octanol–water partition coefficient (Wildman–Crippen LogP) is 3.98. The highest BCUT2D eigenvalue weighted by molar-refractivity contribution is 5.32. The maximum absolute atomic E-state index is 13.1. The molecule has 19 heavy (non-hydrogen) atoms. The van der Waals surface area contributed by atoms with E-state index in [0.29, 0.717) is 24.1 Å². The summed E-state index contributed by atoms with van der Waals surface area (Å²) in [5.41, 5.74) is 0.639. The Hall–Kier alpha value is -1.09. The largest absolute Gasteiger partial charge is 0.508 e. The summed E-state index contributed by atoms with van der Waals surface area (Å²) in [5, 5.41) is 13.1. The lowest BCUT2D eigenvalue weighted by Gasteiger charge is -2.24. The van der Waals surface area contributed by atoms with Crippen LogP contribution in [-0.2, 0) is 6.54 Å². The summed E-state index contributed by atoms with van der Waals surface area (Å²) < 4.78 is 13.1. The van der Waals surface area contributed by atoms with Crippen LogP contribution in [0, 0.1) is 11.7 Å². The molecule has 0 heterocycles. The van der Waals surface area contributed by atoms with Crippen molar-refractivity contribution in [3.8, 4) is 5.75 Å². The van der Waals surface area contributed by atoms with Crippen molar-refractivity contribution >= 4 is 0 Å². The molecule has 1 saturated carbocycles. The lowest BCUT2D eigenvalue weighted by molar-refractivity contribution is 0.334. The van der Waals surface area contributed by atoms with Gasteiger partial charge in [0, 0.05) is 18.2 Å². The lowest BCUT2D eigenvalue weighted by Crippen LogP contribution is -2.33. The summed E-state index contributed by atoms with van der Waals surface area (Å²) in [6.07, 6.45) is 7.91. The Labute approximate surface area is 115 Å². The van der Waals surface area contributed by atoms with Gasteiger partial charge in [-0.1, -0.05) is 25.7 Å². The van der Waals surface area contributed by atoms with Gasteiger partial charge < -0.3 is 10.4 Å². The molecule has 0 radical (unpaired) electrons. The minimum Gasteiger partial charge on any atom is -0.508 e. The van der Waals surface area contributed by atoms with Crippen molar-refractivity contribution in [3.63, 3.8) is 0 Å². The number of hydrogen-bond donors (Lipinski definition) is 2. The van der Waals surface area contributed by atoms with Crippen LogP contribution in [0.25, 0.3) is 0 Å². The second-order valence-corrected chi connectivity index (χ2v) is 5.69. The van der Waals surface area contributed by atoms with Gasteiger partial charge in [0.25, 0.3) is 0 Å². The van der Waals surface area contributed by atoms with Crippen molar-refractivity contribution in [2.45, 2.75) is 58.0 Å². The van der Waals surface area contributed by atoms with Crippen molar-refractivity contribution in [2.75, 3.05) is 0 Å². The van der Waals surface area contributed by atoms with E-state index in [1.54, 1.807) is 0 Å². The molecule has 2 nitrogen and oxygen atoms in total. The number of benzene rings is 1. The van der Waals surface area contributed by atoms with Gasteiger partial charge in [0.1, 0.15) is 11.6 Å². The third-order valence-electron chi connectivity index (χ3n) is 4.26. The molecule has 1 aromatic rings. The molecular formula is C16H24FNO. The van der Waals surface area contributed by atoms with E-state index < -0.39 is 0 Å². The van der Waals surface area contributed by atoms with Crippen LogP contribution < -0.4 is 5.32 Å². The van der Waals surface area contributed by atoms with Crippen molar-refractivity contribution in [1.29, 1.82) is 0 Å². The molecule has 106 valence electrons. The fourth-order valence-corrected chi connectivity index (χ4v) is 2.94. The summed E-state index contributed by atoms with van der Waals surface area (Å²) in [4.78, 5) is 0. The van der Waals surface area contributed by atoms with Crippen LogP contribution in [0.15, 0.2) is 18.2 Å². The van der Waals surface area contributed by atoms with Crippen molar-refractivity contribution in [1.82, 2.24) is 5.32 Å². The maximum Gasteiger partial charge on any atom is 0.123 e. The molecule has 3 heteroatoms. The average Bonchev–Trinajstić information content (AvgIpc) is 2.68. The van der Waals surface area contributed by atoms with Gasteiger partial charge in [-0.3, -0.25) is 0 Å². The Kier molecular flexibility index (Phi) is 5.20. The number of phenols is 1. The summed E-state index contributed by atoms with van der Waals surface area (Å²) in [5.74, 6) is 0.580. The summed E-state index contributed by atoms with van der Waals surface area (Å²) in [7, 11) is 0. The molecule has 1 aromatic carbocycles. The summed E-state index contributed by atoms with van der Waals surface area (Å²) in [6.45, 7) is 2.73. The molecule has 0 aliphatic heterocycles. The Morgan fingerprint density at radius 3 is 2.63 bits per heavy atom. The molecule has 0 aromatic heterocycles. The quantitative estimate of drug-likeness (QED) is 0.807. The predicted molar refractivity (Wildman–Crippen MR) is 75.6 cm³/mol. The molecule has 1 fully saturated rings. The van der Waals surface area contributed by atoms with Crippen LogP contribution in [0.5, 0.6) is 5.75 Å². The van der Waals surface area contributed by atoms with Gasteiger partial charge in [-0.2, -0.15) is 0 Å². The molecule has 2 rings (SSSR count). The van der Waals surface area contributed by atoms with Gasteiger partial charge in [-0.15, -0.1) is 0 Å². The monoisotopic (exact) mass is 265 g/mol. The van der Waals surface area contributed by atoms with E-state index in [0.717, 1.165) is 0 Å². The Morgan fingerprint density at radius 1 is 1.26 bits per heavy atom. The molecule has 0 amide bonds. The Balaban J connectivity index is 1.88. The zero-order valence-corrected chi connectivity index (χ0v) is 11.7.